The Hall–Kier alpha value is -2.59. The Bertz CT molecular complexity index is 1140. The first kappa shape index (κ1) is 23.6. The van der Waals surface area contributed by atoms with E-state index in [-0.39, 0.29) is 0 Å². The normalized spacial score (nSPS) is 11.0. The summed E-state index contributed by atoms with van der Waals surface area (Å²) in [7, 11) is 1.63. The molecule has 0 saturated carbocycles. The third-order valence-corrected chi connectivity index (χ3v) is 6.86. The Labute approximate surface area is 206 Å². The lowest BCUT2D eigenvalue weighted by atomic mass is 10.2. The highest BCUT2D eigenvalue weighted by Crippen LogP contribution is 2.37. The minimum absolute atomic E-state index is 0.469. The van der Waals surface area contributed by atoms with Gasteiger partial charge < -0.3 is 14.8 Å². The first-order chi connectivity index (χ1) is 16.2. The Balaban J connectivity index is 1.23. The van der Waals surface area contributed by atoms with Gasteiger partial charge in [-0.2, -0.15) is 4.68 Å². The summed E-state index contributed by atoms with van der Waals surface area (Å²) in [6, 6.07) is 17.8. The van der Waals surface area contributed by atoms with E-state index in [0.29, 0.717) is 29.7 Å². The first-order valence-corrected chi connectivity index (χ1v) is 12.7. The van der Waals surface area contributed by atoms with E-state index in [1.54, 1.807) is 34.9 Å². The van der Waals surface area contributed by atoms with Crippen LogP contribution in [0.3, 0.4) is 0 Å². The predicted molar refractivity (Wildman–Crippen MR) is 133 cm³/mol. The van der Waals surface area contributed by atoms with E-state index >= 15 is 0 Å². The number of halogens is 1. The van der Waals surface area contributed by atoms with Crippen LogP contribution in [0.25, 0.3) is 5.69 Å². The topological polar surface area (TPSA) is 74.1 Å². The number of ether oxygens (including phenoxy) is 2. The van der Waals surface area contributed by atoms with E-state index in [2.05, 4.69) is 20.8 Å². The summed E-state index contributed by atoms with van der Waals surface area (Å²) in [5.74, 6) is 2.11. The Morgan fingerprint density at radius 1 is 1.15 bits per heavy atom. The molecule has 33 heavy (non-hydrogen) atoms. The highest BCUT2D eigenvalue weighted by molar-refractivity contribution is 7.99. The fourth-order valence-corrected chi connectivity index (χ4v) is 4.88. The van der Waals surface area contributed by atoms with Crippen molar-refractivity contribution >= 4 is 34.7 Å². The number of para-hydroxylation sites is 1. The third-order valence-electron chi connectivity index (χ3n) is 4.73. The van der Waals surface area contributed by atoms with Crippen LogP contribution in [0.1, 0.15) is 16.9 Å². The van der Waals surface area contributed by atoms with Gasteiger partial charge in [0.2, 0.25) is 5.16 Å². The molecule has 0 spiro atoms. The van der Waals surface area contributed by atoms with Crippen molar-refractivity contribution in [3.8, 4) is 17.2 Å². The highest BCUT2D eigenvalue weighted by atomic mass is 35.5. The molecule has 0 bridgehead atoms. The zero-order valence-electron chi connectivity index (χ0n) is 18.1. The van der Waals surface area contributed by atoms with E-state index < -0.39 is 0 Å². The maximum absolute atomic E-state index is 6.48. The maximum atomic E-state index is 6.48. The van der Waals surface area contributed by atoms with Gasteiger partial charge in [-0.05, 0) is 64.7 Å². The van der Waals surface area contributed by atoms with Crippen LogP contribution in [0.4, 0.5) is 0 Å². The fraction of sp³-hybridized carbons (Fsp3) is 0.261. The summed E-state index contributed by atoms with van der Waals surface area (Å²) in [5, 5.41) is 18.8. The van der Waals surface area contributed by atoms with Crippen molar-refractivity contribution in [2.75, 3.05) is 19.4 Å². The number of hydrogen-bond donors (Lipinski definition) is 1. The average Bonchev–Trinajstić information content (AvgIpc) is 3.53. The average molecular weight is 502 g/mol. The smallest absolute Gasteiger partial charge is 0.214 e. The molecule has 0 aliphatic carbocycles. The molecule has 0 atom stereocenters. The molecule has 0 radical (unpaired) electrons. The quantitative estimate of drug-likeness (QED) is 0.210. The molecular weight excluding hydrogens is 478 g/mol. The Morgan fingerprint density at radius 2 is 2.03 bits per heavy atom. The van der Waals surface area contributed by atoms with Crippen molar-refractivity contribution < 1.29 is 9.47 Å². The number of aromatic nitrogens is 4. The number of nitrogens with one attached hydrogen (secondary N) is 1. The number of tetrazole rings is 1. The molecule has 1 N–H and O–H groups in total. The molecular formula is C23H24ClN5O2S2. The number of rotatable bonds is 12. The zero-order chi connectivity index (χ0) is 22.9. The summed E-state index contributed by atoms with van der Waals surface area (Å²) in [4.78, 5) is 1.13. The van der Waals surface area contributed by atoms with Crippen molar-refractivity contribution in [1.82, 2.24) is 25.5 Å². The van der Waals surface area contributed by atoms with Gasteiger partial charge in [-0.25, -0.2) is 0 Å². The molecule has 0 fully saturated rings. The third kappa shape index (κ3) is 6.48. The molecule has 172 valence electrons. The number of thiophene rings is 1. The second-order valence-electron chi connectivity index (χ2n) is 7.06. The minimum Gasteiger partial charge on any atom is -0.493 e. The van der Waals surface area contributed by atoms with Crippen LogP contribution in [0.15, 0.2) is 65.1 Å². The van der Waals surface area contributed by atoms with Crippen molar-refractivity contribution in [3.05, 3.63) is 75.4 Å². The number of benzene rings is 2. The van der Waals surface area contributed by atoms with Crippen molar-refractivity contribution in [2.24, 2.45) is 0 Å². The number of thioether (sulfide) groups is 1. The van der Waals surface area contributed by atoms with Crippen LogP contribution in [0, 0.1) is 0 Å². The van der Waals surface area contributed by atoms with Gasteiger partial charge in [0.15, 0.2) is 11.5 Å². The van der Waals surface area contributed by atoms with Gasteiger partial charge in [-0.3, -0.25) is 0 Å². The molecule has 4 aromatic rings. The lowest BCUT2D eigenvalue weighted by Gasteiger charge is -2.14. The van der Waals surface area contributed by atoms with E-state index in [1.807, 2.05) is 60.0 Å². The Kier molecular flexibility index (Phi) is 8.59. The molecule has 0 saturated heterocycles. The number of nitrogens with zero attached hydrogens (tertiary/aromatic N) is 4. The van der Waals surface area contributed by atoms with Gasteiger partial charge in [-0.15, -0.1) is 16.4 Å². The van der Waals surface area contributed by atoms with E-state index in [0.717, 1.165) is 40.0 Å². The molecule has 0 aliphatic rings. The van der Waals surface area contributed by atoms with Crippen molar-refractivity contribution in [2.45, 2.75) is 24.7 Å². The zero-order valence-corrected chi connectivity index (χ0v) is 20.5. The monoisotopic (exact) mass is 501 g/mol. The highest BCUT2D eigenvalue weighted by Gasteiger charge is 2.13. The van der Waals surface area contributed by atoms with Gasteiger partial charge in [0.1, 0.15) is 6.61 Å². The first-order valence-electron chi connectivity index (χ1n) is 10.4. The number of methoxy groups -OCH3 is 1. The second-order valence-corrected chi connectivity index (χ2v) is 9.57. The summed E-state index contributed by atoms with van der Waals surface area (Å²) in [6.07, 6.45) is 0.971. The fourth-order valence-electron chi connectivity index (χ4n) is 3.15. The molecule has 0 aliphatic heterocycles. The van der Waals surface area contributed by atoms with Gasteiger partial charge in [0.05, 0.1) is 17.8 Å². The van der Waals surface area contributed by atoms with Crippen LogP contribution in [0.5, 0.6) is 11.5 Å². The van der Waals surface area contributed by atoms with Gasteiger partial charge in [-0.1, -0.05) is 47.6 Å². The molecule has 10 heteroatoms. The SMILES string of the molecule is COc1cc(CNCCCSc2nnnn2-c2ccccc2)cc(Cl)c1OCc1cccs1. The summed E-state index contributed by atoms with van der Waals surface area (Å²) in [5.41, 5.74) is 2.00. The van der Waals surface area contributed by atoms with E-state index in [9.17, 15) is 0 Å². The molecule has 7 nitrogen and oxygen atoms in total. The largest absolute Gasteiger partial charge is 0.493 e. The van der Waals surface area contributed by atoms with Crippen LogP contribution in [0.2, 0.25) is 5.02 Å². The maximum Gasteiger partial charge on any atom is 0.214 e. The van der Waals surface area contributed by atoms with Crippen LogP contribution >= 0.6 is 34.7 Å². The minimum atomic E-state index is 0.469. The van der Waals surface area contributed by atoms with Crippen LogP contribution in [-0.2, 0) is 13.2 Å². The lowest BCUT2D eigenvalue weighted by Crippen LogP contribution is -2.15. The molecule has 0 amide bonds. The van der Waals surface area contributed by atoms with Crippen LogP contribution in [-0.4, -0.2) is 39.6 Å². The molecule has 0 unspecified atom stereocenters. The summed E-state index contributed by atoms with van der Waals surface area (Å²) < 4.78 is 13.2. The van der Waals surface area contributed by atoms with Crippen molar-refractivity contribution in [3.63, 3.8) is 0 Å². The van der Waals surface area contributed by atoms with Gasteiger partial charge in [0, 0.05) is 17.2 Å². The Morgan fingerprint density at radius 3 is 2.82 bits per heavy atom. The van der Waals surface area contributed by atoms with Crippen LogP contribution < -0.4 is 14.8 Å². The molecule has 4 rings (SSSR count). The predicted octanol–water partition coefficient (Wildman–Crippen LogP) is 5.24. The van der Waals surface area contributed by atoms with E-state index in [1.165, 1.54) is 0 Å². The van der Waals surface area contributed by atoms with Gasteiger partial charge in [0.25, 0.3) is 0 Å². The molecule has 2 aromatic heterocycles. The second kappa shape index (κ2) is 12.0. The molecule has 2 heterocycles. The summed E-state index contributed by atoms with van der Waals surface area (Å²) >= 11 is 9.77. The lowest BCUT2D eigenvalue weighted by molar-refractivity contribution is 0.287. The van der Waals surface area contributed by atoms with E-state index in [4.69, 9.17) is 21.1 Å². The van der Waals surface area contributed by atoms with Gasteiger partial charge >= 0.3 is 0 Å². The summed E-state index contributed by atoms with van der Waals surface area (Å²) in [6.45, 7) is 2.01. The van der Waals surface area contributed by atoms with Crippen molar-refractivity contribution in [1.29, 1.82) is 0 Å². The standard InChI is InChI=1S/C23H24ClN5O2S2/c1-30-21-14-17(13-20(24)22(21)31-16-19-9-5-11-32-19)15-25-10-6-12-33-23-26-27-28-29(23)18-7-3-2-4-8-18/h2-5,7-9,11,13-14,25H,6,10,12,15-16H2,1H3. The number of hydrogen-bond acceptors (Lipinski definition) is 8. The molecule has 2 aromatic carbocycles.